The molecule has 0 aliphatic rings. The molecule has 0 saturated carbocycles. The minimum absolute atomic E-state index is 0.605. The van der Waals surface area contributed by atoms with Crippen molar-refractivity contribution in [2.24, 2.45) is 0 Å². The Morgan fingerprint density at radius 1 is 1.29 bits per heavy atom. The second-order valence-electron chi connectivity index (χ2n) is 1.21. The minimum Gasteiger partial charge on any atom is -0.0683 e. The summed E-state index contributed by atoms with van der Waals surface area (Å²) >= 11 is 0. The molecule has 0 bridgehead atoms. The molecule has 0 amide bonds. The fourth-order valence-corrected chi connectivity index (χ4v) is 0.250. The first-order valence-electron chi connectivity index (χ1n) is 3.91. The molecule has 0 aromatic heterocycles. The maximum atomic E-state index is 6.71. The molecule has 7 heavy (non-hydrogen) atoms. The van der Waals surface area contributed by atoms with Crippen LogP contribution in [0.25, 0.3) is 0 Å². The highest BCUT2D eigenvalue weighted by Gasteiger charge is 1.68. The molecule has 0 aliphatic heterocycles. The van der Waals surface area contributed by atoms with Crippen LogP contribution in [0.5, 0.6) is 0 Å². The molecule has 0 N–H and O–H groups in total. The van der Waals surface area contributed by atoms with Crippen molar-refractivity contribution in [1.29, 1.82) is 0 Å². The summed E-state index contributed by atoms with van der Waals surface area (Å²) in [7, 11) is 0. The van der Waals surface area contributed by atoms with Crippen LogP contribution in [-0.4, -0.2) is 0 Å². The van der Waals surface area contributed by atoms with Crippen LogP contribution in [-0.2, 0) is 0 Å². The van der Waals surface area contributed by atoms with Gasteiger partial charge in [0.2, 0.25) is 0 Å². The summed E-state index contributed by atoms with van der Waals surface area (Å²) in [6.07, 6.45) is 3.54. The van der Waals surface area contributed by atoms with E-state index in [1.807, 2.05) is 13.8 Å². The predicted molar refractivity (Wildman–Crippen MR) is 36.5 cm³/mol. The van der Waals surface area contributed by atoms with E-state index in [4.69, 9.17) is 1.37 Å². The zero-order valence-corrected chi connectivity index (χ0v) is 5.83. The SMILES string of the molecule is CC.[2H]CCCCC. The fourth-order valence-electron chi connectivity index (χ4n) is 0.250. The number of unbranched alkanes of at least 4 members (excludes halogenated alkanes) is 2. The standard InChI is InChI=1S/C5H12.C2H6/c1-3-5-4-2;1-2/h3-5H2,1-2H3;1-2H3/i1D;. The Balaban J connectivity index is 0. The lowest BCUT2D eigenvalue weighted by molar-refractivity contribution is 0.772. The molecule has 0 heterocycles. The van der Waals surface area contributed by atoms with Gasteiger partial charge in [-0.1, -0.05) is 46.9 Å². The molecule has 0 atom stereocenters. The average Bonchev–Trinajstić information content (AvgIpc) is 1.88. The van der Waals surface area contributed by atoms with Gasteiger partial charge in [-0.2, -0.15) is 0 Å². The first-order valence-corrected chi connectivity index (χ1v) is 3.21. The van der Waals surface area contributed by atoms with Crippen molar-refractivity contribution in [3.63, 3.8) is 0 Å². The van der Waals surface area contributed by atoms with E-state index in [9.17, 15) is 0 Å². The first-order chi connectivity index (χ1) is 3.91. The second-order valence-corrected chi connectivity index (χ2v) is 1.21. The molecule has 0 aromatic rings. The first kappa shape index (κ1) is 7.00. The van der Waals surface area contributed by atoms with E-state index in [0.29, 0.717) is 6.90 Å². The van der Waals surface area contributed by atoms with E-state index in [2.05, 4.69) is 6.92 Å². The van der Waals surface area contributed by atoms with Gasteiger partial charge in [-0.25, -0.2) is 0 Å². The van der Waals surface area contributed by atoms with Gasteiger partial charge in [0.05, 0.1) is 0 Å². The highest BCUT2D eigenvalue weighted by atomic mass is 13.7. The van der Waals surface area contributed by atoms with Crippen LogP contribution in [0.15, 0.2) is 0 Å². The van der Waals surface area contributed by atoms with E-state index in [1.165, 1.54) is 12.8 Å². The van der Waals surface area contributed by atoms with Crippen LogP contribution in [0.3, 0.4) is 0 Å². The largest absolute Gasteiger partial charge is 0.0683 e. The van der Waals surface area contributed by atoms with E-state index >= 15 is 0 Å². The van der Waals surface area contributed by atoms with E-state index in [1.54, 1.807) is 0 Å². The van der Waals surface area contributed by atoms with Crippen molar-refractivity contribution in [3.8, 4) is 0 Å². The summed E-state index contributed by atoms with van der Waals surface area (Å²) < 4.78 is 6.71. The topological polar surface area (TPSA) is 0 Å². The molecule has 0 spiro atoms. The molecule has 0 radical (unpaired) electrons. The van der Waals surface area contributed by atoms with Gasteiger partial charge in [0.15, 0.2) is 0 Å². The van der Waals surface area contributed by atoms with Crippen LogP contribution in [0, 0.1) is 0 Å². The van der Waals surface area contributed by atoms with Gasteiger partial charge >= 0.3 is 0 Å². The Morgan fingerprint density at radius 3 is 2.00 bits per heavy atom. The zero-order chi connectivity index (χ0) is 6.83. The Hall–Kier alpha value is 0. The van der Waals surface area contributed by atoms with Crippen molar-refractivity contribution in [2.45, 2.75) is 46.9 Å². The molecule has 0 aromatic carbocycles. The van der Waals surface area contributed by atoms with E-state index < -0.39 is 0 Å². The van der Waals surface area contributed by atoms with Gasteiger partial charge in [-0.3, -0.25) is 0 Å². The van der Waals surface area contributed by atoms with Gasteiger partial charge in [0.1, 0.15) is 0 Å². The van der Waals surface area contributed by atoms with Crippen molar-refractivity contribution >= 4 is 0 Å². The summed E-state index contributed by atoms with van der Waals surface area (Å²) in [6.45, 7) is 6.75. The third-order valence-corrected chi connectivity index (χ3v) is 0.604. The van der Waals surface area contributed by atoms with Crippen LogP contribution in [0.2, 0.25) is 0 Å². The molecule has 0 rings (SSSR count). The van der Waals surface area contributed by atoms with Crippen LogP contribution in [0.1, 0.15) is 48.3 Å². The van der Waals surface area contributed by atoms with Gasteiger partial charge in [0.25, 0.3) is 0 Å². The lowest BCUT2D eigenvalue weighted by atomic mass is 10.3. The van der Waals surface area contributed by atoms with Crippen molar-refractivity contribution < 1.29 is 1.37 Å². The molecule has 0 fully saturated rings. The monoisotopic (exact) mass is 103 g/mol. The lowest BCUT2D eigenvalue weighted by Gasteiger charge is -1.79. The van der Waals surface area contributed by atoms with Gasteiger partial charge in [-0.05, 0) is 0 Å². The smallest absolute Gasteiger partial charge is 0.0230 e. The van der Waals surface area contributed by atoms with Crippen LogP contribution >= 0.6 is 0 Å². The van der Waals surface area contributed by atoms with Crippen molar-refractivity contribution in [3.05, 3.63) is 0 Å². The highest BCUT2D eigenvalue weighted by Crippen LogP contribution is 1.88. The van der Waals surface area contributed by atoms with E-state index in [-0.39, 0.29) is 0 Å². The molecule has 0 aliphatic carbocycles. The van der Waals surface area contributed by atoms with Gasteiger partial charge < -0.3 is 0 Å². The van der Waals surface area contributed by atoms with Crippen LogP contribution in [0.4, 0.5) is 0 Å². The lowest BCUT2D eigenvalue weighted by Crippen LogP contribution is -1.59. The maximum absolute atomic E-state index is 6.71. The Labute approximate surface area is 49.3 Å². The molecule has 46 valence electrons. The average molecular weight is 103 g/mol. The summed E-state index contributed by atoms with van der Waals surface area (Å²) in [5.74, 6) is 0. The number of hydrogen-bond donors (Lipinski definition) is 0. The molecule has 0 nitrogen and oxygen atoms in total. The predicted octanol–water partition coefficient (Wildman–Crippen LogP) is 3.22. The quantitative estimate of drug-likeness (QED) is 0.471. The summed E-state index contributed by atoms with van der Waals surface area (Å²) in [4.78, 5) is 0. The van der Waals surface area contributed by atoms with Gasteiger partial charge in [0, 0.05) is 1.37 Å². The molecule has 0 saturated heterocycles. The Morgan fingerprint density at radius 2 is 1.86 bits per heavy atom. The van der Waals surface area contributed by atoms with Crippen molar-refractivity contribution in [2.75, 3.05) is 0 Å². The highest BCUT2D eigenvalue weighted by molar-refractivity contribution is 4.24. The fraction of sp³-hybridized carbons (Fsp3) is 1.00. The number of hydrogen-bond acceptors (Lipinski definition) is 0. The Bertz CT molecular complexity index is 16.3. The maximum Gasteiger partial charge on any atom is 0.0230 e. The molecule has 0 unspecified atom stereocenters. The third-order valence-electron chi connectivity index (χ3n) is 0.604. The van der Waals surface area contributed by atoms with E-state index in [0.717, 1.165) is 6.42 Å². The summed E-state index contributed by atoms with van der Waals surface area (Å²) in [5, 5.41) is 0. The Kier molecular flexibility index (Phi) is 16.7. The van der Waals surface area contributed by atoms with Crippen molar-refractivity contribution in [1.82, 2.24) is 0 Å². The zero-order valence-electron chi connectivity index (χ0n) is 6.83. The normalized spacial score (nSPS) is 8.71. The molecule has 0 heteroatoms. The summed E-state index contributed by atoms with van der Waals surface area (Å²) in [5.41, 5.74) is 0. The summed E-state index contributed by atoms with van der Waals surface area (Å²) in [6, 6.07) is 0. The second kappa shape index (κ2) is 16.7. The molecular formula is C7H18. The van der Waals surface area contributed by atoms with Gasteiger partial charge in [-0.15, -0.1) is 0 Å². The van der Waals surface area contributed by atoms with Crippen LogP contribution < -0.4 is 0 Å². The minimum atomic E-state index is 0.605. The number of rotatable bonds is 2. The third kappa shape index (κ3) is 24.0. The molecular weight excluding hydrogens is 84.1 g/mol.